The molecule has 24 heavy (non-hydrogen) atoms. The van der Waals surface area contributed by atoms with Gasteiger partial charge in [0.15, 0.2) is 0 Å². The standard InChI is InChI=1S/C16H12N4O3S/c1-11-4-2-7-15(14(11)9-17)20-24(21,22)13-6-3-5-12(8-13)16-19-18-10-23-16/h2-8,10,20H,1H3. The third-order valence-corrected chi connectivity index (χ3v) is 4.74. The highest BCUT2D eigenvalue weighted by Crippen LogP contribution is 2.24. The molecule has 0 atom stereocenters. The summed E-state index contributed by atoms with van der Waals surface area (Å²) in [5.74, 6) is 0.223. The molecule has 0 spiro atoms. The van der Waals surface area contributed by atoms with Crippen molar-refractivity contribution in [2.45, 2.75) is 11.8 Å². The van der Waals surface area contributed by atoms with Crippen molar-refractivity contribution in [3.05, 3.63) is 60.0 Å². The Labute approximate surface area is 138 Å². The van der Waals surface area contributed by atoms with Crippen LogP contribution in [0.5, 0.6) is 0 Å². The van der Waals surface area contributed by atoms with Crippen molar-refractivity contribution in [2.75, 3.05) is 4.72 Å². The maximum atomic E-state index is 12.6. The van der Waals surface area contributed by atoms with Gasteiger partial charge in [0.1, 0.15) is 6.07 Å². The number of sulfonamides is 1. The lowest BCUT2D eigenvalue weighted by atomic mass is 10.1. The number of aromatic nitrogens is 2. The van der Waals surface area contributed by atoms with Gasteiger partial charge in [-0.3, -0.25) is 4.72 Å². The second-order valence-electron chi connectivity index (χ2n) is 4.99. The molecule has 120 valence electrons. The molecule has 0 unspecified atom stereocenters. The topological polar surface area (TPSA) is 109 Å². The van der Waals surface area contributed by atoms with E-state index in [1.807, 2.05) is 6.07 Å². The van der Waals surface area contributed by atoms with Crippen molar-refractivity contribution in [1.82, 2.24) is 10.2 Å². The summed E-state index contributed by atoms with van der Waals surface area (Å²) in [6, 6.07) is 13.1. The fourth-order valence-electron chi connectivity index (χ4n) is 2.20. The molecular weight excluding hydrogens is 328 g/mol. The van der Waals surface area contributed by atoms with Gasteiger partial charge >= 0.3 is 0 Å². The van der Waals surface area contributed by atoms with E-state index in [4.69, 9.17) is 4.42 Å². The molecule has 3 rings (SSSR count). The van der Waals surface area contributed by atoms with Crippen molar-refractivity contribution in [2.24, 2.45) is 0 Å². The van der Waals surface area contributed by atoms with Gasteiger partial charge in [0, 0.05) is 5.56 Å². The molecule has 0 bridgehead atoms. The van der Waals surface area contributed by atoms with Crippen molar-refractivity contribution >= 4 is 15.7 Å². The van der Waals surface area contributed by atoms with E-state index in [9.17, 15) is 13.7 Å². The lowest BCUT2D eigenvalue weighted by Gasteiger charge is -2.11. The molecule has 0 amide bonds. The summed E-state index contributed by atoms with van der Waals surface area (Å²) in [7, 11) is -3.87. The summed E-state index contributed by atoms with van der Waals surface area (Å²) in [5.41, 5.74) is 1.70. The number of aryl methyl sites for hydroxylation is 1. The number of anilines is 1. The molecular formula is C16H12N4O3S. The number of hydrogen-bond donors (Lipinski definition) is 1. The predicted octanol–water partition coefficient (Wildman–Crippen LogP) is 2.72. The minimum atomic E-state index is -3.87. The van der Waals surface area contributed by atoms with Crippen LogP contribution in [0.2, 0.25) is 0 Å². The molecule has 8 heteroatoms. The highest BCUT2D eigenvalue weighted by molar-refractivity contribution is 7.92. The molecule has 2 aromatic carbocycles. The average Bonchev–Trinajstić information content (AvgIpc) is 3.09. The zero-order valence-electron chi connectivity index (χ0n) is 12.6. The first-order chi connectivity index (χ1) is 11.5. The molecule has 0 radical (unpaired) electrons. The van der Waals surface area contributed by atoms with Crippen LogP contribution in [-0.2, 0) is 10.0 Å². The number of nitriles is 1. The summed E-state index contributed by atoms with van der Waals surface area (Å²) < 4.78 is 32.8. The third-order valence-electron chi connectivity index (χ3n) is 3.38. The SMILES string of the molecule is Cc1cccc(NS(=O)(=O)c2cccc(-c3nnco3)c2)c1C#N. The van der Waals surface area contributed by atoms with E-state index in [0.29, 0.717) is 11.1 Å². The molecule has 0 fully saturated rings. The van der Waals surface area contributed by atoms with Gasteiger partial charge < -0.3 is 4.42 Å². The first-order valence-electron chi connectivity index (χ1n) is 6.90. The van der Waals surface area contributed by atoms with E-state index >= 15 is 0 Å². The Hall–Kier alpha value is -3.18. The molecule has 1 N–H and O–H groups in total. The molecule has 7 nitrogen and oxygen atoms in total. The maximum Gasteiger partial charge on any atom is 0.261 e. The molecule has 1 aromatic heterocycles. The van der Waals surface area contributed by atoms with Crippen molar-refractivity contribution in [3.8, 4) is 17.5 Å². The minimum Gasteiger partial charge on any atom is -0.423 e. The second-order valence-corrected chi connectivity index (χ2v) is 6.67. The van der Waals surface area contributed by atoms with E-state index in [1.165, 1.54) is 18.5 Å². The highest BCUT2D eigenvalue weighted by Gasteiger charge is 2.18. The van der Waals surface area contributed by atoms with Crippen molar-refractivity contribution in [3.63, 3.8) is 0 Å². The van der Waals surface area contributed by atoms with Crippen molar-refractivity contribution in [1.29, 1.82) is 5.26 Å². The number of benzene rings is 2. The summed E-state index contributed by atoms with van der Waals surface area (Å²) in [6.07, 6.45) is 1.17. The molecule has 0 aliphatic heterocycles. The highest BCUT2D eigenvalue weighted by atomic mass is 32.2. The second kappa shape index (κ2) is 6.14. The van der Waals surface area contributed by atoms with Crippen molar-refractivity contribution < 1.29 is 12.8 Å². The molecule has 0 aliphatic carbocycles. The monoisotopic (exact) mass is 340 g/mol. The zero-order chi connectivity index (χ0) is 17.2. The summed E-state index contributed by atoms with van der Waals surface area (Å²) >= 11 is 0. The van der Waals surface area contributed by atoms with E-state index in [1.54, 1.807) is 37.3 Å². The van der Waals surface area contributed by atoms with Gasteiger partial charge in [-0.2, -0.15) is 5.26 Å². The molecule has 0 saturated heterocycles. The first-order valence-corrected chi connectivity index (χ1v) is 8.39. The van der Waals surface area contributed by atoms with Gasteiger partial charge in [-0.1, -0.05) is 18.2 Å². The van der Waals surface area contributed by atoms with Crippen LogP contribution in [0.1, 0.15) is 11.1 Å². The molecule has 0 saturated carbocycles. The normalized spacial score (nSPS) is 11.0. The zero-order valence-corrected chi connectivity index (χ0v) is 13.4. The number of rotatable bonds is 4. The van der Waals surface area contributed by atoms with Crippen LogP contribution in [0.15, 0.2) is 58.2 Å². The molecule has 1 heterocycles. The first kappa shape index (κ1) is 15.7. The van der Waals surface area contributed by atoms with Crippen LogP contribution in [0, 0.1) is 18.3 Å². The van der Waals surface area contributed by atoms with Gasteiger partial charge in [-0.25, -0.2) is 8.42 Å². The fraction of sp³-hybridized carbons (Fsp3) is 0.0625. The lowest BCUT2D eigenvalue weighted by Crippen LogP contribution is -2.14. The summed E-state index contributed by atoms with van der Waals surface area (Å²) in [6.45, 7) is 1.74. The Morgan fingerprint density at radius 1 is 1.21 bits per heavy atom. The Bertz CT molecular complexity index is 1020. The van der Waals surface area contributed by atoms with Crippen LogP contribution in [-0.4, -0.2) is 18.6 Å². The van der Waals surface area contributed by atoms with E-state index in [-0.39, 0.29) is 22.0 Å². The predicted molar refractivity (Wildman–Crippen MR) is 86.4 cm³/mol. The van der Waals surface area contributed by atoms with Crippen LogP contribution in [0.4, 0.5) is 5.69 Å². The minimum absolute atomic E-state index is 0.0311. The molecule has 0 aliphatic rings. The number of nitrogens with one attached hydrogen (secondary N) is 1. The van der Waals surface area contributed by atoms with Gasteiger partial charge in [0.05, 0.1) is 16.1 Å². The summed E-state index contributed by atoms with van der Waals surface area (Å²) in [4.78, 5) is 0.0311. The van der Waals surface area contributed by atoms with Crippen LogP contribution in [0.25, 0.3) is 11.5 Å². The van der Waals surface area contributed by atoms with E-state index < -0.39 is 10.0 Å². The third kappa shape index (κ3) is 2.98. The van der Waals surface area contributed by atoms with Gasteiger partial charge in [0.2, 0.25) is 12.3 Å². The maximum absolute atomic E-state index is 12.6. The van der Waals surface area contributed by atoms with E-state index in [0.717, 1.165) is 0 Å². The lowest BCUT2D eigenvalue weighted by molar-refractivity contribution is 0.568. The van der Waals surface area contributed by atoms with Gasteiger partial charge in [0.25, 0.3) is 10.0 Å². The van der Waals surface area contributed by atoms with Gasteiger partial charge in [-0.05, 0) is 36.8 Å². The van der Waals surface area contributed by atoms with Crippen LogP contribution in [0.3, 0.4) is 0 Å². The Kier molecular flexibility index (Phi) is 4.02. The average molecular weight is 340 g/mol. The smallest absolute Gasteiger partial charge is 0.261 e. The van der Waals surface area contributed by atoms with E-state index in [2.05, 4.69) is 14.9 Å². The largest absolute Gasteiger partial charge is 0.423 e. The Morgan fingerprint density at radius 3 is 2.71 bits per heavy atom. The van der Waals surface area contributed by atoms with Crippen LogP contribution >= 0.6 is 0 Å². The Morgan fingerprint density at radius 2 is 2.00 bits per heavy atom. The number of nitrogens with zero attached hydrogens (tertiary/aromatic N) is 3. The Balaban J connectivity index is 1.99. The fourth-order valence-corrected chi connectivity index (χ4v) is 3.32. The summed E-state index contributed by atoms with van der Waals surface area (Å²) in [5, 5.41) is 16.6. The van der Waals surface area contributed by atoms with Crippen LogP contribution < -0.4 is 4.72 Å². The number of hydrogen-bond acceptors (Lipinski definition) is 6. The quantitative estimate of drug-likeness (QED) is 0.782. The molecule has 3 aromatic rings. The van der Waals surface area contributed by atoms with Gasteiger partial charge in [-0.15, -0.1) is 10.2 Å².